The Labute approximate surface area is 124 Å². The van der Waals surface area contributed by atoms with Gasteiger partial charge in [0.15, 0.2) is 0 Å². The van der Waals surface area contributed by atoms with E-state index < -0.39 is 0 Å². The van der Waals surface area contributed by atoms with Gasteiger partial charge in [0, 0.05) is 32.6 Å². The van der Waals surface area contributed by atoms with Crippen LogP contribution in [0.25, 0.3) is 0 Å². The summed E-state index contributed by atoms with van der Waals surface area (Å²) in [5, 5.41) is 6.00. The van der Waals surface area contributed by atoms with E-state index in [2.05, 4.69) is 26.6 Å². The number of hydrogen-bond donors (Lipinski definition) is 2. The zero-order chi connectivity index (χ0) is 13.8. The second-order valence-corrected chi connectivity index (χ2v) is 7.06. The first-order chi connectivity index (χ1) is 9.06. The smallest absolute Gasteiger partial charge is 0.264 e. The zero-order valence-electron chi connectivity index (χ0n) is 10.6. The van der Waals surface area contributed by atoms with E-state index in [0.29, 0.717) is 17.3 Å². The molecule has 0 saturated carbocycles. The second kappa shape index (κ2) is 6.49. The van der Waals surface area contributed by atoms with E-state index in [1.807, 2.05) is 6.07 Å². The van der Waals surface area contributed by atoms with Gasteiger partial charge in [-0.05, 0) is 28.1 Å². The second-order valence-electron chi connectivity index (χ2n) is 4.59. The van der Waals surface area contributed by atoms with Crippen molar-refractivity contribution in [3.8, 4) is 0 Å². The van der Waals surface area contributed by atoms with Crippen LogP contribution in [0.2, 0.25) is 0 Å². The van der Waals surface area contributed by atoms with E-state index in [1.54, 1.807) is 13.1 Å². The number of likely N-dealkylation sites (N-methyl/N-ethyl adjacent to an activating group) is 1. The normalized spacial score (nSPS) is 14.8. The molecule has 1 aliphatic rings. The van der Waals surface area contributed by atoms with Crippen molar-refractivity contribution >= 4 is 39.1 Å². The minimum absolute atomic E-state index is 0.0918. The third kappa shape index (κ3) is 4.02. The van der Waals surface area contributed by atoms with Crippen molar-refractivity contribution in [1.82, 2.24) is 15.5 Å². The quantitative estimate of drug-likeness (QED) is 0.834. The van der Waals surface area contributed by atoms with Crippen LogP contribution in [0.3, 0.4) is 0 Å². The molecule has 19 heavy (non-hydrogen) atoms. The Morgan fingerprint density at radius 2 is 2.26 bits per heavy atom. The minimum Gasteiger partial charge on any atom is -0.354 e. The van der Waals surface area contributed by atoms with Crippen LogP contribution >= 0.6 is 27.3 Å². The predicted octanol–water partition coefficient (Wildman–Crippen LogP) is 0.918. The SMILES string of the molecule is CN(CC(=O)NCC1CNC1)C(=O)c1ccc(Br)s1. The first kappa shape index (κ1) is 14.5. The lowest BCUT2D eigenvalue weighted by atomic mass is 10.0. The molecule has 1 aliphatic heterocycles. The number of rotatable bonds is 5. The number of nitrogens with zero attached hydrogens (tertiary/aromatic N) is 1. The molecule has 0 aromatic carbocycles. The molecule has 1 aromatic rings. The molecule has 0 aliphatic carbocycles. The lowest BCUT2D eigenvalue weighted by Crippen LogP contribution is -2.49. The molecule has 7 heteroatoms. The largest absolute Gasteiger partial charge is 0.354 e. The lowest BCUT2D eigenvalue weighted by Gasteiger charge is -2.27. The first-order valence-electron chi connectivity index (χ1n) is 6.04. The van der Waals surface area contributed by atoms with E-state index in [-0.39, 0.29) is 18.4 Å². The molecular formula is C12H16BrN3O2S. The minimum atomic E-state index is -0.129. The van der Waals surface area contributed by atoms with E-state index in [0.717, 1.165) is 16.9 Å². The van der Waals surface area contributed by atoms with Crippen molar-refractivity contribution in [2.24, 2.45) is 5.92 Å². The number of hydrogen-bond acceptors (Lipinski definition) is 4. The molecule has 0 spiro atoms. The monoisotopic (exact) mass is 345 g/mol. The van der Waals surface area contributed by atoms with Crippen LogP contribution in [0.4, 0.5) is 0 Å². The fourth-order valence-electron chi connectivity index (χ4n) is 1.71. The van der Waals surface area contributed by atoms with Gasteiger partial charge < -0.3 is 15.5 Å². The Hall–Kier alpha value is -0.920. The van der Waals surface area contributed by atoms with Gasteiger partial charge in [0.25, 0.3) is 5.91 Å². The van der Waals surface area contributed by atoms with Crippen LogP contribution in [0.5, 0.6) is 0 Å². The van der Waals surface area contributed by atoms with Crippen molar-refractivity contribution in [3.05, 3.63) is 20.8 Å². The maximum Gasteiger partial charge on any atom is 0.264 e. The first-order valence-corrected chi connectivity index (χ1v) is 7.65. The summed E-state index contributed by atoms with van der Waals surface area (Å²) < 4.78 is 0.909. The topological polar surface area (TPSA) is 61.4 Å². The zero-order valence-corrected chi connectivity index (χ0v) is 13.0. The predicted molar refractivity (Wildman–Crippen MR) is 78.3 cm³/mol. The molecule has 1 saturated heterocycles. The van der Waals surface area contributed by atoms with Crippen LogP contribution in [0, 0.1) is 5.92 Å². The molecule has 1 aromatic heterocycles. The van der Waals surface area contributed by atoms with E-state index in [4.69, 9.17) is 0 Å². The van der Waals surface area contributed by atoms with Gasteiger partial charge in [0.05, 0.1) is 15.2 Å². The van der Waals surface area contributed by atoms with E-state index >= 15 is 0 Å². The van der Waals surface area contributed by atoms with Gasteiger partial charge in [-0.25, -0.2) is 0 Å². The highest BCUT2D eigenvalue weighted by molar-refractivity contribution is 9.11. The highest BCUT2D eigenvalue weighted by atomic mass is 79.9. The summed E-state index contributed by atoms with van der Waals surface area (Å²) in [6.45, 7) is 2.68. The Morgan fingerprint density at radius 3 is 2.79 bits per heavy atom. The maximum absolute atomic E-state index is 12.0. The van der Waals surface area contributed by atoms with Crippen molar-refractivity contribution in [1.29, 1.82) is 0 Å². The summed E-state index contributed by atoms with van der Waals surface area (Å²) in [5.74, 6) is 0.285. The average molecular weight is 346 g/mol. The third-order valence-electron chi connectivity index (χ3n) is 2.97. The Bertz CT molecular complexity index is 473. The van der Waals surface area contributed by atoms with Crippen LogP contribution in [0.15, 0.2) is 15.9 Å². The summed E-state index contributed by atoms with van der Waals surface area (Å²) >= 11 is 4.69. The highest BCUT2D eigenvalue weighted by Gasteiger charge is 2.19. The molecule has 5 nitrogen and oxygen atoms in total. The Balaban J connectivity index is 1.77. The van der Waals surface area contributed by atoms with Crippen LogP contribution in [-0.4, -0.2) is 49.9 Å². The van der Waals surface area contributed by atoms with Crippen LogP contribution < -0.4 is 10.6 Å². The number of carbonyl (C=O) groups excluding carboxylic acids is 2. The van der Waals surface area contributed by atoms with Gasteiger partial charge in [-0.1, -0.05) is 0 Å². The molecule has 2 heterocycles. The fraction of sp³-hybridized carbons (Fsp3) is 0.500. The molecule has 0 atom stereocenters. The van der Waals surface area contributed by atoms with E-state index in [1.165, 1.54) is 16.2 Å². The summed E-state index contributed by atoms with van der Waals surface area (Å²) in [4.78, 5) is 25.8. The highest BCUT2D eigenvalue weighted by Crippen LogP contribution is 2.22. The molecule has 0 radical (unpaired) electrons. The van der Waals surface area contributed by atoms with Crippen molar-refractivity contribution in [2.45, 2.75) is 0 Å². The number of amides is 2. The molecule has 2 amide bonds. The molecule has 0 unspecified atom stereocenters. The lowest BCUT2D eigenvalue weighted by molar-refractivity contribution is -0.121. The molecule has 104 valence electrons. The van der Waals surface area contributed by atoms with Crippen LogP contribution in [0.1, 0.15) is 9.67 Å². The number of thiophene rings is 1. The van der Waals surface area contributed by atoms with Gasteiger partial charge in [0.1, 0.15) is 0 Å². The Kier molecular flexibility index (Phi) is 4.95. The summed E-state index contributed by atoms with van der Waals surface area (Å²) in [6.07, 6.45) is 0. The fourth-order valence-corrected chi connectivity index (χ4v) is 3.09. The average Bonchev–Trinajstić information content (AvgIpc) is 2.72. The van der Waals surface area contributed by atoms with Gasteiger partial charge in [0.2, 0.25) is 5.91 Å². The van der Waals surface area contributed by atoms with Crippen molar-refractivity contribution in [2.75, 3.05) is 33.2 Å². The number of carbonyl (C=O) groups is 2. The summed E-state index contributed by atoms with van der Waals surface area (Å²) in [7, 11) is 1.64. The summed E-state index contributed by atoms with van der Waals surface area (Å²) in [5.41, 5.74) is 0. The van der Waals surface area contributed by atoms with Gasteiger partial charge in [-0.3, -0.25) is 9.59 Å². The van der Waals surface area contributed by atoms with Gasteiger partial charge >= 0.3 is 0 Å². The van der Waals surface area contributed by atoms with E-state index in [9.17, 15) is 9.59 Å². The van der Waals surface area contributed by atoms with Gasteiger partial charge in [-0.15, -0.1) is 11.3 Å². The van der Waals surface area contributed by atoms with Crippen molar-refractivity contribution in [3.63, 3.8) is 0 Å². The maximum atomic E-state index is 12.0. The molecule has 2 N–H and O–H groups in total. The van der Waals surface area contributed by atoms with Crippen LogP contribution in [-0.2, 0) is 4.79 Å². The number of halogens is 1. The Morgan fingerprint density at radius 1 is 1.53 bits per heavy atom. The number of nitrogens with one attached hydrogen (secondary N) is 2. The molecular weight excluding hydrogens is 330 g/mol. The molecule has 2 rings (SSSR count). The third-order valence-corrected chi connectivity index (χ3v) is 4.58. The molecule has 0 bridgehead atoms. The summed E-state index contributed by atoms with van der Waals surface area (Å²) in [6, 6.07) is 3.58. The standard InChI is InChI=1S/C12H16BrN3O2S/c1-16(12(18)9-2-3-10(13)19-9)7-11(17)15-6-8-4-14-5-8/h2-3,8,14H,4-7H2,1H3,(H,15,17). The van der Waals surface area contributed by atoms with Crippen molar-refractivity contribution < 1.29 is 9.59 Å². The van der Waals surface area contributed by atoms with Gasteiger partial charge in [-0.2, -0.15) is 0 Å². The molecule has 1 fully saturated rings.